The van der Waals surface area contributed by atoms with E-state index in [4.69, 9.17) is 0 Å². The average molecular weight is 350 g/mol. The zero-order chi connectivity index (χ0) is 15.4. The summed E-state index contributed by atoms with van der Waals surface area (Å²) in [5, 5.41) is 3.46. The highest BCUT2D eigenvalue weighted by atomic mass is 79.9. The third-order valence-corrected chi connectivity index (χ3v) is 4.37. The Bertz CT molecular complexity index is 604. The molecule has 0 saturated heterocycles. The predicted molar refractivity (Wildman–Crippen MR) is 90.1 cm³/mol. The molecule has 0 spiro atoms. The van der Waals surface area contributed by atoms with Crippen molar-refractivity contribution >= 4 is 15.9 Å². The van der Waals surface area contributed by atoms with Crippen molar-refractivity contribution in [2.24, 2.45) is 0 Å². The maximum Gasteiger partial charge on any atom is 0.137 e. The number of hydrogen-bond donors (Lipinski definition) is 1. The van der Waals surface area contributed by atoms with Crippen LogP contribution in [0.25, 0.3) is 0 Å². The first-order chi connectivity index (χ1) is 10.0. The van der Waals surface area contributed by atoms with E-state index in [1.54, 1.807) is 6.07 Å². The van der Waals surface area contributed by atoms with E-state index in [2.05, 4.69) is 60.2 Å². The van der Waals surface area contributed by atoms with Gasteiger partial charge in [-0.05, 0) is 59.9 Å². The van der Waals surface area contributed by atoms with Gasteiger partial charge in [-0.25, -0.2) is 4.39 Å². The number of hydrogen-bond acceptors (Lipinski definition) is 1. The third-order valence-electron chi connectivity index (χ3n) is 3.53. The van der Waals surface area contributed by atoms with Crippen molar-refractivity contribution in [3.63, 3.8) is 0 Å². The molecule has 0 radical (unpaired) electrons. The van der Waals surface area contributed by atoms with Gasteiger partial charge in [0.15, 0.2) is 0 Å². The Morgan fingerprint density at radius 1 is 1.14 bits per heavy atom. The van der Waals surface area contributed by atoms with Crippen LogP contribution < -0.4 is 5.32 Å². The minimum atomic E-state index is -0.212. The molecule has 0 heterocycles. The van der Waals surface area contributed by atoms with Gasteiger partial charge in [-0.1, -0.05) is 48.4 Å². The molecule has 2 aromatic rings. The third kappa shape index (κ3) is 4.14. The normalized spacial score (nSPS) is 12.4. The molecule has 0 bridgehead atoms. The highest BCUT2D eigenvalue weighted by Crippen LogP contribution is 2.28. The first kappa shape index (κ1) is 16.2. The molecule has 0 aliphatic carbocycles. The summed E-state index contributed by atoms with van der Waals surface area (Å²) in [5.41, 5.74) is 4.77. The Morgan fingerprint density at radius 3 is 2.43 bits per heavy atom. The van der Waals surface area contributed by atoms with Crippen LogP contribution in [0.5, 0.6) is 0 Å². The molecule has 1 nitrogen and oxygen atoms in total. The summed E-state index contributed by atoms with van der Waals surface area (Å²) in [5.74, 6) is -0.212. The van der Waals surface area contributed by atoms with Gasteiger partial charge in [0, 0.05) is 6.04 Å². The van der Waals surface area contributed by atoms with Gasteiger partial charge in [0.25, 0.3) is 0 Å². The highest BCUT2D eigenvalue weighted by molar-refractivity contribution is 9.10. The molecule has 1 atom stereocenters. The fourth-order valence-corrected chi connectivity index (χ4v) is 3.29. The fraction of sp³-hybridized carbons (Fsp3) is 0.333. The molecular weight excluding hydrogens is 329 g/mol. The second-order valence-electron chi connectivity index (χ2n) is 5.45. The van der Waals surface area contributed by atoms with Crippen molar-refractivity contribution in [1.29, 1.82) is 0 Å². The Labute approximate surface area is 134 Å². The quantitative estimate of drug-likeness (QED) is 0.791. The van der Waals surface area contributed by atoms with Gasteiger partial charge in [0.05, 0.1) is 4.47 Å². The first-order valence-corrected chi connectivity index (χ1v) is 8.05. The maximum absolute atomic E-state index is 13.8. The topological polar surface area (TPSA) is 12.0 Å². The minimum absolute atomic E-state index is 0.0984. The number of halogens is 2. The summed E-state index contributed by atoms with van der Waals surface area (Å²) in [4.78, 5) is 0. The van der Waals surface area contributed by atoms with Crippen molar-refractivity contribution in [2.45, 2.75) is 33.2 Å². The van der Waals surface area contributed by atoms with Gasteiger partial charge in [0.2, 0.25) is 0 Å². The van der Waals surface area contributed by atoms with Gasteiger partial charge in [0.1, 0.15) is 5.82 Å². The zero-order valence-corrected chi connectivity index (χ0v) is 14.3. The summed E-state index contributed by atoms with van der Waals surface area (Å²) >= 11 is 3.38. The van der Waals surface area contributed by atoms with E-state index in [0.29, 0.717) is 4.47 Å². The van der Waals surface area contributed by atoms with E-state index in [-0.39, 0.29) is 11.9 Å². The lowest BCUT2D eigenvalue weighted by molar-refractivity contribution is 0.538. The number of rotatable bonds is 5. The molecule has 1 N–H and O–H groups in total. The van der Waals surface area contributed by atoms with Gasteiger partial charge in [-0.2, -0.15) is 0 Å². The fourth-order valence-electron chi connectivity index (χ4n) is 2.75. The van der Waals surface area contributed by atoms with E-state index < -0.39 is 0 Å². The van der Waals surface area contributed by atoms with E-state index in [9.17, 15) is 4.39 Å². The SMILES string of the molecule is CCNC(Cc1cc(C)cc(C)c1)c1cccc(F)c1Br. The largest absolute Gasteiger partial charge is 0.310 e. The van der Waals surface area contributed by atoms with Crippen molar-refractivity contribution in [3.8, 4) is 0 Å². The molecule has 112 valence electrons. The van der Waals surface area contributed by atoms with Crippen LogP contribution in [0.2, 0.25) is 0 Å². The van der Waals surface area contributed by atoms with Crippen LogP contribution in [0.3, 0.4) is 0 Å². The van der Waals surface area contributed by atoms with Crippen molar-refractivity contribution in [1.82, 2.24) is 5.32 Å². The molecule has 0 aliphatic heterocycles. The molecule has 1 unspecified atom stereocenters. The summed E-state index contributed by atoms with van der Waals surface area (Å²) in [6.07, 6.45) is 0.846. The summed E-state index contributed by atoms with van der Waals surface area (Å²) in [6, 6.07) is 11.9. The van der Waals surface area contributed by atoms with Crippen LogP contribution in [0.15, 0.2) is 40.9 Å². The van der Waals surface area contributed by atoms with Crippen LogP contribution in [-0.4, -0.2) is 6.54 Å². The number of benzene rings is 2. The van der Waals surface area contributed by atoms with Crippen molar-refractivity contribution in [2.75, 3.05) is 6.54 Å². The molecule has 21 heavy (non-hydrogen) atoms. The van der Waals surface area contributed by atoms with E-state index in [0.717, 1.165) is 18.5 Å². The van der Waals surface area contributed by atoms with Gasteiger partial charge in [-0.3, -0.25) is 0 Å². The van der Waals surface area contributed by atoms with Crippen LogP contribution >= 0.6 is 15.9 Å². The molecule has 2 rings (SSSR count). The number of aryl methyl sites for hydroxylation is 2. The Balaban J connectivity index is 2.32. The molecule has 2 aromatic carbocycles. The average Bonchev–Trinajstić information content (AvgIpc) is 2.40. The monoisotopic (exact) mass is 349 g/mol. The lowest BCUT2D eigenvalue weighted by Gasteiger charge is -2.20. The van der Waals surface area contributed by atoms with Gasteiger partial charge in [-0.15, -0.1) is 0 Å². The zero-order valence-electron chi connectivity index (χ0n) is 12.7. The molecule has 0 fully saturated rings. The minimum Gasteiger partial charge on any atom is -0.310 e. The van der Waals surface area contributed by atoms with Crippen molar-refractivity contribution in [3.05, 3.63) is 68.9 Å². The van der Waals surface area contributed by atoms with Crippen LogP contribution in [0.4, 0.5) is 4.39 Å². The Hall–Kier alpha value is -1.19. The summed E-state index contributed by atoms with van der Waals surface area (Å²) in [6.45, 7) is 7.13. The first-order valence-electron chi connectivity index (χ1n) is 7.25. The van der Waals surface area contributed by atoms with E-state index in [1.165, 1.54) is 22.8 Å². The lowest BCUT2D eigenvalue weighted by atomic mass is 9.96. The van der Waals surface area contributed by atoms with Gasteiger partial charge < -0.3 is 5.32 Å². The molecule has 0 aromatic heterocycles. The summed E-state index contributed by atoms with van der Waals surface area (Å²) in [7, 11) is 0. The molecule has 0 saturated carbocycles. The summed E-state index contributed by atoms with van der Waals surface area (Å²) < 4.78 is 14.3. The predicted octanol–water partition coefficient (Wildman–Crippen LogP) is 5.10. The highest BCUT2D eigenvalue weighted by Gasteiger charge is 2.16. The van der Waals surface area contributed by atoms with Crippen LogP contribution in [0, 0.1) is 19.7 Å². The maximum atomic E-state index is 13.8. The smallest absolute Gasteiger partial charge is 0.137 e. The van der Waals surface area contributed by atoms with Crippen LogP contribution in [-0.2, 0) is 6.42 Å². The molecular formula is C18H21BrFN. The molecule has 0 amide bonds. The standard InChI is InChI=1S/C18H21BrFN/c1-4-21-17(15-6-5-7-16(20)18(15)19)11-14-9-12(2)8-13(3)10-14/h5-10,17,21H,4,11H2,1-3H3. The number of likely N-dealkylation sites (N-methyl/N-ethyl adjacent to an activating group) is 1. The second-order valence-corrected chi connectivity index (χ2v) is 6.25. The van der Waals surface area contributed by atoms with E-state index >= 15 is 0 Å². The number of nitrogens with one attached hydrogen (secondary N) is 1. The second kappa shape index (κ2) is 7.19. The van der Waals surface area contributed by atoms with Crippen LogP contribution in [0.1, 0.15) is 35.2 Å². The van der Waals surface area contributed by atoms with E-state index in [1.807, 2.05) is 6.07 Å². The molecule has 0 aliphatic rings. The van der Waals surface area contributed by atoms with Crippen molar-refractivity contribution < 1.29 is 4.39 Å². The Morgan fingerprint density at radius 2 is 1.81 bits per heavy atom. The lowest BCUT2D eigenvalue weighted by Crippen LogP contribution is -2.23. The molecule has 3 heteroatoms. The Kier molecular flexibility index (Phi) is 5.54. The van der Waals surface area contributed by atoms with Gasteiger partial charge >= 0.3 is 0 Å².